The van der Waals surface area contributed by atoms with Crippen molar-refractivity contribution in [1.29, 1.82) is 5.26 Å². The summed E-state index contributed by atoms with van der Waals surface area (Å²) in [5.74, 6) is 0.685. The van der Waals surface area contributed by atoms with Crippen molar-refractivity contribution >= 4 is 49.8 Å². The Balaban J connectivity index is 1.90. The molecule has 1 unspecified atom stereocenters. The Hall–Kier alpha value is -0.960. The van der Waals surface area contributed by atoms with Gasteiger partial charge in [-0.1, -0.05) is 20.8 Å². The lowest BCUT2D eigenvalue weighted by molar-refractivity contribution is 0.218. The van der Waals surface area contributed by atoms with E-state index in [0.29, 0.717) is 11.3 Å². The molecule has 2 aromatic heterocycles. The minimum absolute atomic E-state index is 0.321. The molecular weight excluding hydrogens is 388 g/mol. The van der Waals surface area contributed by atoms with Crippen LogP contribution in [-0.2, 0) is 12.8 Å². The second-order valence-electron chi connectivity index (χ2n) is 7.00. The fraction of sp³-hybridized carbons (Fsp3) is 0.444. The van der Waals surface area contributed by atoms with Gasteiger partial charge in [0.15, 0.2) is 0 Å². The van der Waals surface area contributed by atoms with Gasteiger partial charge < -0.3 is 0 Å². The first-order valence-electron chi connectivity index (χ1n) is 7.72. The summed E-state index contributed by atoms with van der Waals surface area (Å²) >= 11 is 6.82. The lowest BCUT2D eigenvalue weighted by Crippen LogP contribution is -2.26. The van der Waals surface area contributed by atoms with Gasteiger partial charge in [-0.05, 0) is 64.2 Å². The molecule has 2 aromatic rings. The Labute approximate surface area is 154 Å². The summed E-state index contributed by atoms with van der Waals surface area (Å²) in [5, 5.41) is 10.4. The van der Waals surface area contributed by atoms with Crippen LogP contribution >= 0.6 is 38.6 Å². The molecule has 0 spiro atoms. The second kappa shape index (κ2) is 6.51. The fourth-order valence-electron chi connectivity index (χ4n) is 3.04. The van der Waals surface area contributed by atoms with Crippen molar-refractivity contribution < 1.29 is 0 Å². The molecule has 2 nitrogen and oxygen atoms in total. The van der Waals surface area contributed by atoms with Crippen molar-refractivity contribution in [3.05, 3.63) is 36.8 Å². The van der Waals surface area contributed by atoms with Crippen LogP contribution in [-0.4, -0.2) is 6.21 Å². The van der Waals surface area contributed by atoms with Crippen LogP contribution in [0.4, 0.5) is 5.00 Å². The fourth-order valence-corrected chi connectivity index (χ4v) is 5.55. The summed E-state index contributed by atoms with van der Waals surface area (Å²) in [4.78, 5) is 7.08. The van der Waals surface area contributed by atoms with Crippen LogP contribution in [0.25, 0.3) is 0 Å². The van der Waals surface area contributed by atoms with Crippen molar-refractivity contribution in [1.82, 2.24) is 0 Å². The monoisotopic (exact) mass is 406 g/mol. The number of hydrogen-bond acceptors (Lipinski definition) is 4. The number of rotatable bonds is 2. The first-order chi connectivity index (χ1) is 10.9. The molecule has 120 valence electrons. The highest BCUT2D eigenvalue weighted by Gasteiger charge is 2.32. The maximum Gasteiger partial charge on any atom is 0.134 e. The van der Waals surface area contributed by atoms with Crippen molar-refractivity contribution in [3.63, 3.8) is 0 Å². The Morgan fingerprint density at radius 2 is 2.13 bits per heavy atom. The maximum absolute atomic E-state index is 9.57. The number of fused-ring (bicyclic) bond motifs is 1. The third-order valence-electron chi connectivity index (χ3n) is 4.49. The van der Waals surface area contributed by atoms with Gasteiger partial charge in [0.1, 0.15) is 11.1 Å². The van der Waals surface area contributed by atoms with Crippen LogP contribution in [0.3, 0.4) is 0 Å². The van der Waals surface area contributed by atoms with Gasteiger partial charge in [-0.15, -0.1) is 22.7 Å². The van der Waals surface area contributed by atoms with Crippen LogP contribution in [0.15, 0.2) is 20.9 Å². The van der Waals surface area contributed by atoms with E-state index in [2.05, 4.69) is 47.8 Å². The zero-order valence-corrected chi connectivity index (χ0v) is 16.7. The molecule has 0 radical (unpaired) electrons. The van der Waals surface area contributed by atoms with Gasteiger partial charge in [-0.25, -0.2) is 4.99 Å². The standard InChI is InChI=1S/C18H19BrN2S2/c1-18(2,3)11-4-6-13-14(9-20)17(23-15(13)8-11)21-10-12-5-7-16(19)22-12/h5,7,10-11H,4,6,8H2,1-3H3/b21-10+. The largest absolute Gasteiger partial charge is 0.243 e. The van der Waals surface area contributed by atoms with Crippen LogP contribution < -0.4 is 0 Å². The third-order valence-corrected chi connectivity index (χ3v) is 7.21. The van der Waals surface area contributed by atoms with Crippen LogP contribution in [0.5, 0.6) is 0 Å². The molecule has 0 saturated carbocycles. The molecule has 3 rings (SSSR count). The highest BCUT2D eigenvalue weighted by atomic mass is 79.9. The molecule has 5 heteroatoms. The predicted molar refractivity (Wildman–Crippen MR) is 103 cm³/mol. The van der Waals surface area contributed by atoms with Crippen molar-refractivity contribution in [2.45, 2.75) is 40.0 Å². The van der Waals surface area contributed by atoms with E-state index in [0.717, 1.165) is 32.1 Å². The van der Waals surface area contributed by atoms with E-state index in [1.807, 2.05) is 18.3 Å². The van der Waals surface area contributed by atoms with Gasteiger partial charge >= 0.3 is 0 Å². The smallest absolute Gasteiger partial charge is 0.134 e. The maximum atomic E-state index is 9.57. The lowest BCUT2D eigenvalue weighted by Gasteiger charge is -2.33. The van der Waals surface area contributed by atoms with Crippen LogP contribution in [0, 0.1) is 22.7 Å². The van der Waals surface area contributed by atoms with Crippen molar-refractivity contribution in [2.75, 3.05) is 0 Å². The molecule has 0 aromatic carbocycles. The van der Waals surface area contributed by atoms with Gasteiger partial charge in [-0.3, -0.25) is 0 Å². The quantitative estimate of drug-likeness (QED) is 0.535. The minimum Gasteiger partial charge on any atom is -0.243 e. The van der Waals surface area contributed by atoms with Gasteiger partial charge in [0.25, 0.3) is 0 Å². The van der Waals surface area contributed by atoms with Crippen molar-refractivity contribution in [2.24, 2.45) is 16.3 Å². The first-order valence-corrected chi connectivity index (χ1v) is 10.1. The van der Waals surface area contributed by atoms with E-state index < -0.39 is 0 Å². The Morgan fingerprint density at radius 3 is 2.74 bits per heavy atom. The highest BCUT2D eigenvalue weighted by Crippen LogP contribution is 2.44. The Kier molecular flexibility index (Phi) is 4.78. The lowest BCUT2D eigenvalue weighted by atomic mass is 9.72. The van der Waals surface area contributed by atoms with Gasteiger partial charge in [0.2, 0.25) is 0 Å². The summed E-state index contributed by atoms with van der Waals surface area (Å²) in [5.41, 5.74) is 2.36. The Morgan fingerprint density at radius 1 is 1.35 bits per heavy atom. The van der Waals surface area contributed by atoms with E-state index >= 15 is 0 Å². The molecule has 2 heterocycles. The van der Waals surface area contributed by atoms with E-state index in [-0.39, 0.29) is 0 Å². The summed E-state index contributed by atoms with van der Waals surface area (Å²) in [7, 11) is 0. The van der Waals surface area contributed by atoms with Crippen LogP contribution in [0.1, 0.15) is 48.1 Å². The van der Waals surface area contributed by atoms with Gasteiger partial charge in [0, 0.05) is 16.0 Å². The van der Waals surface area contributed by atoms with Gasteiger partial charge in [-0.2, -0.15) is 5.26 Å². The molecule has 1 aliphatic rings. The number of nitrogens with zero attached hydrogens (tertiary/aromatic N) is 2. The zero-order valence-electron chi connectivity index (χ0n) is 13.5. The number of thiophene rings is 2. The molecule has 0 fully saturated rings. The molecule has 0 aliphatic heterocycles. The number of nitriles is 1. The summed E-state index contributed by atoms with van der Waals surface area (Å²) in [6, 6.07) is 6.44. The average molecular weight is 407 g/mol. The molecule has 1 aliphatic carbocycles. The first kappa shape index (κ1) is 16.9. The molecule has 23 heavy (non-hydrogen) atoms. The SMILES string of the molecule is CC(C)(C)C1CCc2c(sc(/N=C/c3ccc(Br)s3)c2C#N)C1. The molecule has 0 N–H and O–H groups in total. The zero-order chi connectivity index (χ0) is 16.6. The van der Waals surface area contributed by atoms with Crippen LogP contribution in [0.2, 0.25) is 0 Å². The van der Waals surface area contributed by atoms with Crippen molar-refractivity contribution in [3.8, 4) is 6.07 Å². The molecule has 1 atom stereocenters. The number of hydrogen-bond donors (Lipinski definition) is 0. The highest BCUT2D eigenvalue weighted by molar-refractivity contribution is 9.11. The third kappa shape index (κ3) is 3.60. The van der Waals surface area contributed by atoms with E-state index in [9.17, 15) is 5.26 Å². The van der Waals surface area contributed by atoms with E-state index in [4.69, 9.17) is 0 Å². The molecular formula is C18H19BrN2S2. The molecule has 0 amide bonds. The van der Waals surface area contributed by atoms with E-state index in [1.54, 1.807) is 22.7 Å². The second-order valence-corrected chi connectivity index (χ2v) is 10.6. The normalized spacial score (nSPS) is 18.1. The summed E-state index contributed by atoms with van der Waals surface area (Å²) < 4.78 is 1.10. The summed E-state index contributed by atoms with van der Waals surface area (Å²) in [6.07, 6.45) is 5.13. The Bertz CT molecular complexity index is 787. The number of halogens is 1. The minimum atomic E-state index is 0.321. The van der Waals surface area contributed by atoms with E-state index in [1.165, 1.54) is 16.9 Å². The predicted octanol–water partition coefficient (Wildman–Crippen LogP) is 6.35. The molecule has 0 bridgehead atoms. The summed E-state index contributed by atoms with van der Waals surface area (Å²) in [6.45, 7) is 6.94. The average Bonchev–Trinajstić information content (AvgIpc) is 3.06. The topological polar surface area (TPSA) is 36.1 Å². The number of aliphatic imine (C=N–C) groups is 1. The molecule has 0 saturated heterocycles. The van der Waals surface area contributed by atoms with Gasteiger partial charge in [0.05, 0.1) is 9.35 Å².